The number of anilines is 2. The Hall–Kier alpha value is -1.83. The first-order valence-electron chi connectivity index (χ1n) is 5.66. The number of benzene rings is 1. The second-order valence-corrected chi connectivity index (χ2v) is 3.75. The summed E-state index contributed by atoms with van der Waals surface area (Å²) in [4.78, 5) is 4.26. The zero-order valence-electron chi connectivity index (χ0n) is 9.48. The summed E-state index contributed by atoms with van der Waals surface area (Å²) in [5.41, 5.74) is 2.50. The van der Waals surface area contributed by atoms with Crippen LogP contribution >= 0.6 is 0 Å². The maximum absolute atomic E-state index is 4.26. The number of rotatable bonds is 4. The molecule has 1 heterocycles. The lowest BCUT2D eigenvalue weighted by Gasteiger charge is -2.10. The van der Waals surface area contributed by atoms with Crippen molar-refractivity contribution in [1.29, 1.82) is 0 Å². The predicted octanol–water partition coefficient (Wildman–Crippen LogP) is 3.78. The summed E-state index contributed by atoms with van der Waals surface area (Å²) in [7, 11) is 0. The Morgan fingerprint density at radius 3 is 2.62 bits per heavy atom. The van der Waals surface area contributed by atoms with Crippen molar-refractivity contribution >= 4 is 11.5 Å². The fourth-order valence-electron chi connectivity index (χ4n) is 1.70. The SMILES string of the molecule is CCCc1ccccc1Nc1ccccn1. The Balaban J connectivity index is 2.21. The van der Waals surface area contributed by atoms with E-state index in [2.05, 4.69) is 35.4 Å². The van der Waals surface area contributed by atoms with Crippen molar-refractivity contribution in [3.63, 3.8) is 0 Å². The van der Waals surface area contributed by atoms with Crippen molar-refractivity contribution in [2.75, 3.05) is 5.32 Å². The van der Waals surface area contributed by atoms with Gasteiger partial charge in [-0.3, -0.25) is 0 Å². The zero-order chi connectivity index (χ0) is 11.2. The predicted molar refractivity (Wildman–Crippen MR) is 68.0 cm³/mol. The second kappa shape index (κ2) is 5.31. The summed E-state index contributed by atoms with van der Waals surface area (Å²) in [6.07, 6.45) is 4.04. The van der Waals surface area contributed by atoms with Gasteiger partial charge < -0.3 is 5.32 Å². The van der Waals surface area contributed by atoms with Gasteiger partial charge in [0.05, 0.1) is 0 Å². The average Bonchev–Trinajstić information content (AvgIpc) is 2.33. The van der Waals surface area contributed by atoms with Gasteiger partial charge in [-0.05, 0) is 30.2 Å². The lowest BCUT2D eigenvalue weighted by atomic mass is 10.1. The molecule has 82 valence electrons. The maximum atomic E-state index is 4.26. The fraction of sp³-hybridized carbons (Fsp3) is 0.214. The van der Waals surface area contributed by atoms with Crippen LogP contribution < -0.4 is 5.32 Å². The van der Waals surface area contributed by atoms with E-state index in [0.29, 0.717) is 0 Å². The number of hydrogen-bond acceptors (Lipinski definition) is 2. The highest BCUT2D eigenvalue weighted by Gasteiger charge is 2.00. The van der Waals surface area contributed by atoms with E-state index in [-0.39, 0.29) is 0 Å². The Bertz CT molecular complexity index is 437. The summed E-state index contributed by atoms with van der Waals surface area (Å²) in [6.45, 7) is 2.19. The molecule has 2 aromatic rings. The number of aryl methyl sites for hydroxylation is 1. The first-order valence-corrected chi connectivity index (χ1v) is 5.66. The molecule has 0 radical (unpaired) electrons. The lowest BCUT2D eigenvalue weighted by Crippen LogP contribution is -1.97. The van der Waals surface area contributed by atoms with E-state index in [1.54, 1.807) is 6.20 Å². The monoisotopic (exact) mass is 212 g/mol. The second-order valence-electron chi connectivity index (χ2n) is 3.75. The van der Waals surface area contributed by atoms with Gasteiger partial charge in [-0.25, -0.2) is 4.98 Å². The van der Waals surface area contributed by atoms with Crippen LogP contribution in [0.25, 0.3) is 0 Å². The van der Waals surface area contributed by atoms with Crippen molar-refractivity contribution in [1.82, 2.24) is 4.98 Å². The van der Waals surface area contributed by atoms with Gasteiger partial charge in [0.2, 0.25) is 0 Å². The van der Waals surface area contributed by atoms with E-state index < -0.39 is 0 Å². The normalized spacial score (nSPS) is 10.1. The molecule has 0 spiro atoms. The van der Waals surface area contributed by atoms with E-state index in [0.717, 1.165) is 24.3 Å². The highest BCUT2D eigenvalue weighted by Crippen LogP contribution is 2.20. The van der Waals surface area contributed by atoms with E-state index in [1.807, 2.05) is 24.3 Å². The van der Waals surface area contributed by atoms with Crippen LogP contribution in [-0.4, -0.2) is 4.98 Å². The van der Waals surface area contributed by atoms with Crippen molar-refractivity contribution in [2.24, 2.45) is 0 Å². The molecule has 1 aromatic heterocycles. The molecule has 0 aliphatic rings. The van der Waals surface area contributed by atoms with Crippen LogP contribution in [-0.2, 0) is 6.42 Å². The number of aromatic nitrogens is 1. The van der Waals surface area contributed by atoms with Gasteiger partial charge in [0.1, 0.15) is 5.82 Å². The molecule has 0 saturated heterocycles. The molecule has 2 heteroatoms. The summed E-state index contributed by atoms with van der Waals surface area (Å²) in [6, 6.07) is 14.3. The minimum Gasteiger partial charge on any atom is -0.340 e. The smallest absolute Gasteiger partial charge is 0.130 e. The van der Waals surface area contributed by atoms with E-state index in [4.69, 9.17) is 0 Å². The van der Waals surface area contributed by atoms with Crippen molar-refractivity contribution in [3.8, 4) is 0 Å². The maximum Gasteiger partial charge on any atom is 0.130 e. The summed E-state index contributed by atoms with van der Waals surface area (Å²) < 4.78 is 0. The molecule has 0 amide bonds. The molecular formula is C14H16N2. The molecule has 16 heavy (non-hydrogen) atoms. The molecule has 0 bridgehead atoms. The highest BCUT2D eigenvalue weighted by molar-refractivity contribution is 5.60. The zero-order valence-corrected chi connectivity index (χ0v) is 9.48. The van der Waals surface area contributed by atoms with Gasteiger partial charge >= 0.3 is 0 Å². The van der Waals surface area contributed by atoms with Gasteiger partial charge in [0.15, 0.2) is 0 Å². The van der Waals surface area contributed by atoms with Crippen LogP contribution in [0.5, 0.6) is 0 Å². The largest absolute Gasteiger partial charge is 0.340 e. The standard InChI is InChI=1S/C14H16N2/c1-2-7-12-8-3-4-9-13(12)16-14-10-5-6-11-15-14/h3-6,8-11H,2,7H2,1H3,(H,15,16). The third-order valence-electron chi connectivity index (χ3n) is 2.46. The Kier molecular flexibility index (Phi) is 3.54. The van der Waals surface area contributed by atoms with Gasteiger partial charge in [-0.2, -0.15) is 0 Å². The van der Waals surface area contributed by atoms with Gasteiger partial charge in [0, 0.05) is 11.9 Å². The average molecular weight is 212 g/mol. The molecule has 1 aromatic carbocycles. The molecule has 0 aliphatic heterocycles. The topological polar surface area (TPSA) is 24.9 Å². The minimum absolute atomic E-state index is 0.894. The van der Waals surface area contributed by atoms with Crippen LogP contribution in [0.1, 0.15) is 18.9 Å². The Morgan fingerprint density at radius 1 is 1.06 bits per heavy atom. The molecule has 1 N–H and O–H groups in total. The van der Waals surface area contributed by atoms with E-state index in [9.17, 15) is 0 Å². The number of pyridine rings is 1. The third kappa shape index (κ3) is 2.60. The fourth-order valence-corrected chi connectivity index (χ4v) is 1.70. The molecule has 2 rings (SSSR count). The minimum atomic E-state index is 0.894. The van der Waals surface area contributed by atoms with Crippen LogP contribution in [0, 0.1) is 0 Å². The molecule has 0 unspecified atom stereocenters. The Labute approximate surface area is 96.4 Å². The van der Waals surface area contributed by atoms with Crippen LogP contribution in [0.4, 0.5) is 11.5 Å². The van der Waals surface area contributed by atoms with Crippen LogP contribution in [0.3, 0.4) is 0 Å². The first-order chi connectivity index (χ1) is 7.90. The van der Waals surface area contributed by atoms with Gasteiger partial charge in [0.25, 0.3) is 0 Å². The molecular weight excluding hydrogens is 196 g/mol. The number of hydrogen-bond donors (Lipinski definition) is 1. The van der Waals surface area contributed by atoms with E-state index >= 15 is 0 Å². The number of nitrogens with zero attached hydrogens (tertiary/aromatic N) is 1. The Morgan fingerprint density at radius 2 is 1.88 bits per heavy atom. The third-order valence-corrected chi connectivity index (χ3v) is 2.46. The van der Waals surface area contributed by atoms with Crippen molar-refractivity contribution in [3.05, 3.63) is 54.2 Å². The first kappa shape index (κ1) is 10.7. The van der Waals surface area contributed by atoms with Gasteiger partial charge in [-0.1, -0.05) is 37.6 Å². The van der Waals surface area contributed by atoms with Crippen molar-refractivity contribution in [2.45, 2.75) is 19.8 Å². The summed E-state index contributed by atoms with van der Waals surface area (Å²) in [5, 5.41) is 3.35. The molecule has 0 saturated carbocycles. The molecule has 0 aliphatic carbocycles. The molecule has 0 fully saturated rings. The summed E-state index contributed by atoms with van der Waals surface area (Å²) in [5.74, 6) is 0.894. The molecule has 2 nitrogen and oxygen atoms in total. The lowest BCUT2D eigenvalue weighted by molar-refractivity contribution is 0.923. The van der Waals surface area contributed by atoms with Crippen LogP contribution in [0.2, 0.25) is 0 Å². The van der Waals surface area contributed by atoms with Crippen LogP contribution in [0.15, 0.2) is 48.7 Å². The van der Waals surface area contributed by atoms with Gasteiger partial charge in [-0.15, -0.1) is 0 Å². The molecule has 0 atom stereocenters. The highest BCUT2D eigenvalue weighted by atomic mass is 15.0. The number of para-hydroxylation sites is 1. The number of nitrogens with one attached hydrogen (secondary N) is 1. The van der Waals surface area contributed by atoms with Crippen molar-refractivity contribution < 1.29 is 0 Å². The van der Waals surface area contributed by atoms with E-state index in [1.165, 1.54) is 5.56 Å². The quantitative estimate of drug-likeness (QED) is 0.834. The summed E-state index contributed by atoms with van der Waals surface area (Å²) >= 11 is 0.